The van der Waals surface area contributed by atoms with Gasteiger partial charge in [-0.2, -0.15) is 8.78 Å². The summed E-state index contributed by atoms with van der Waals surface area (Å²) in [6, 6.07) is 6.15. The van der Waals surface area contributed by atoms with Gasteiger partial charge in [-0.25, -0.2) is 4.98 Å². The molecule has 108 valence electrons. The fourth-order valence-electron chi connectivity index (χ4n) is 2.03. The Kier molecular flexibility index (Phi) is 4.68. The molecule has 2 aromatic rings. The summed E-state index contributed by atoms with van der Waals surface area (Å²) >= 11 is 0. The molecule has 0 bridgehead atoms. The lowest BCUT2D eigenvalue weighted by Crippen LogP contribution is -2.16. The highest BCUT2D eigenvalue weighted by atomic mass is 19.3. The van der Waals surface area contributed by atoms with Gasteiger partial charge < -0.3 is 15.0 Å². The van der Waals surface area contributed by atoms with E-state index in [0.29, 0.717) is 6.42 Å². The Hall–Kier alpha value is -1.95. The van der Waals surface area contributed by atoms with Crippen molar-refractivity contribution in [3.63, 3.8) is 0 Å². The SMILES string of the molecule is CCn1ccnc1CC(N)c1ccc(OC(F)F)cc1. The average molecular weight is 281 g/mol. The molecule has 0 aliphatic heterocycles. The second kappa shape index (κ2) is 6.47. The molecule has 2 rings (SSSR count). The summed E-state index contributed by atoms with van der Waals surface area (Å²) in [5.74, 6) is 1.04. The van der Waals surface area contributed by atoms with Crippen molar-refractivity contribution < 1.29 is 13.5 Å². The Labute approximate surface area is 116 Å². The number of nitrogens with two attached hydrogens (primary N) is 1. The second-order valence-corrected chi connectivity index (χ2v) is 4.39. The van der Waals surface area contributed by atoms with E-state index in [0.717, 1.165) is 17.9 Å². The number of halogens is 2. The van der Waals surface area contributed by atoms with Crippen molar-refractivity contribution in [2.24, 2.45) is 5.73 Å². The van der Waals surface area contributed by atoms with Gasteiger partial charge in [-0.15, -0.1) is 0 Å². The van der Waals surface area contributed by atoms with E-state index >= 15 is 0 Å². The topological polar surface area (TPSA) is 53.1 Å². The Bertz CT molecular complexity index is 540. The largest absolute Gasteiger partial charge is 0.435 e. The van der Waals surface area contributed by atoms with Crippen LogP contribution in [0.2, 0.25) is 0 Å². The van der Waals surface area contributed by atoms with Crippen molar-refractivity contribution in [3.05, 3.63) is 48.0 Å². The van der Waals surface area contributed by atoms with Crippen molar-refractivity contribution in [1.82, 2.24) is 9.55 Å². The van der Waals surface area contributed by atoms with Crippen LogP contribution >= 0.6 is 0 Å². The molecular weight excluding hydrogens is 264 g/mol. The summed E-state index contributed by atoms with van der Waals surface area (Å²) in [7, 11) is 0. The van der Waals surface area contributed by atoms with Crippen LogP contribution in [0.5, 0.6) is 5.75 Å². The molecule has 6 heteroatoms. The maximum atomic E-state index is 12.1. The summed E-state index contributed by atoms with van der Waals surface area (Å²) in [6.07, 6.45) is 4.24. The Balaban J connectivity index is 2.04. The van der Waals surface area contributed by atoms with Gasteiger partial charge in [0.2, 0.25) is 0 Å². The van der Waals surface area contributed by atoms with Gasteiger partial charge in [0.05, 0.1) is 0 Å². The number of rotatable bonds is 6. The first kappa shape index (κ1) is 14.5. The number of nitrogens with zero attached hydrogens (tertiary/aromatic N) is 2. The van der Waals surface area contributed by atoms with Gasteiger partial charge in [0.25, 0.3) is 0 Å². The summed E-state index contributed by atoms with van der Waals surface area (Å²) in [5, 5.41) is 0. The molecule has 0 saturated carbocycles. The molecule has 4 nitrogen and oxygen atoms in total. The molecule has 0 saturated heterocycles. The second-order valence-electron chi connectivity index (χ2n) is 4.39. The van der Waals surface area contributed by atoms with Gasteiger partial charge >= 0.3 is 6.61 Å². The van der Waals surface area contributed by atoms with Gasteiger partial charge in [-0.3, -0.25) is 0 Å². The van der Waals surface area contributed by atoms with Crippen molar-refractivity contribution in [1.29, 1.82) is 0 Å². The third kappa shape index (κ3) is 3.54. The zero-order chi connectivity index (χ0) is 14.5. The van der Waals surface area contributed by atoms with Crippen LogP contribution in [0.1, 0.15) is 24.4 Å². The fourth-order valence-corrected chi connectivity index (χ4v) is 2.03. The lowest BCUT2D eigenvalue weighted by Gasteiger charge is -2.13. The fraction of sp³-hybridized carbons (Fsp3) is 0.357. The number of aryl methyl sites for hydroxylation is 1. The molecule has 2 N–H and O–H groups in total. The van der Waals surface area contributed by atoms with Gasteiger partial charge in [-0.05, 0) is 24.6 Å². The van der Waals surface area contributed by atoms with Gasteiger partial charge in [0, 0.05) is 31.4 Å². The third-order valence-electron chi connectivity index (χ3n) is 3.08. The van der Waals surface area contributed by atoms with Crippen molar-refractivity contribution >= 4 is 0 Å². The molecule has 0 aliphatic carbocycles. The maximum absolute atomic E-state index is 12.1. The van der Waals surface area contributed by atoms with E-state index in [2.05, 4.69) is 9.72 Å². The number of ether oxygens (including phenoxy) is 1. The van der Waals surface area contributed by atoms with E-state index in [-0.39, 0.29) is 11.8 Å². The number of alkyl halides is 2. The van der Waals surface area contributed by atoms with Crippen molar-refractivity contribution in [2.75, 3.05) is 0 Å². The van der Waals surface area contributed by atoms with Gasteiger partial charge in [0.1, 0.15) is 11.6 Å². The highest BCUT2D eigenvalue weighted by Crippen LogP contribution is 2.20. The quantitative estimate of drug-likeness (QED) is 0.885. The van der Waals surface area contributed by atoms with Crippen LogP contribution in [0.3, 0.4) is 0 Å². The molecular formula is C14H17F2N3O. The Morgan fingerprint density at radius 3 is 2.60 bits per heavy atom. The molecule has 0 aliphatic rings. The Morgan fingerprint density at radius 1 is 1.30 bits per heavy atom. The molecule has 20 heavy (non-hydrogen) atoms. The van der Waals surface area contributed by atoms with Crippen molar-refractivity contribution in [3.8, 4) is 5.75 Å². The molecule has 0 radical (unpaired) electrons. The lowest BCUT2D eigenvalue weighted by molar-refractivity contribution is -0.0498. The van der Waals surface area contributed by atoms with Crippen LogP contribution < -0.4 is 10.5 Å². The minimum Gasteiger partial charge on any atom is -0.435 e. The van der Waals surface area contributed by atoms with Crippen LogP contribution in [0.15, 0.2) is 36.7 Å². The van der Waals surface area contributed by atoms with E-state index in [4.69, 9.17) is 5.73 Å². The smallest absolute Gasteiger partial charge is 0.387 e. The standard InChI is InChI=1S/C14H17F2N3O/c1-2-19-8-7-18-13(19)9-12(17)10-3-5-11(6-4-10)20-14(15)16/h3-8,12,14H,2,9,17H2,1H3. The van der Waals surface area contributed by atoms with Crippen LogP contribution in [0.4, 0.5) is 8.78 Å². The highest BCUT2D eigenvalue weighted by molar-refractivity contribution is 5.29. The van der Waals surface area contributed by atoms with E-state index in [9.17, 15) is 8.78 Å². The number of hydrogen-bond donors (Lipinski definition) is 1. The number of imidazole rings is 1. The molecule has 0 amide bonds. The summed E-state index contributed by atoms with van der Waals surface area (Å²) in [4.78, 5) is 4.27. The van der Waals surface area contributed by atoms with E-state index in [1.807, 2.05) is 17.7 Å². The normalized spacial score (nSPS) is 12.7. The molecule has 1 aromatic carbocycles. The first-order chi connectivity index (χ1) is 9.60. The zero-order valence-electron chi connectivity index (χ0n) is 11.2. The van der Waals surface area contributed by atoms with Gasteiger partial charge in [-0.1, -0.05) is 12.1 Å². The van der Waals surface area contributed by atoms with Crippen LogP contribution in [-0.4, -0.2) is 16.2 Å². The minimum atomic E-state index is -2.81. The maximum Gasteiger partial charge on any atom is 0.387 e. The number of aromatic nitrogens is 2. The average Bonchev–Trinajstić information content (AvgIpc) is 2.86. The lowest BCUT2D eigenvalue weighted by atomic mass is 10.0. The van der Waals surface area contributed by atoms with E-state index in [1.165, 1.54) is 12.1 Å². The third-order valence-corrected chi connectivity index (χ3v) is 3.08. The predicted octanol–water partition coefficient (Wildman–Crippen LogP) is 2.75. The molecule has 1 atom stereocenters. The molecule has 1 unspecified atom stereocenters. The Morgan fingerprint density at radius 2 is 2.00 bits per heavy atom. The molecule has 1 aromatic heterocycles. The van der Waals surface area contributed by atoms with Gasteiger partial charge in [0.15, 0.2) is 0 Å². The van der Waals surface area contributed by atoms with E-state index in [1.54, 1.807) is 18.3 Å². The molecule has 1 heterocycles. The first-order valence-corrected chi connectivity index (χ1v) is 6.40. The number of benzene rings is 1. The monoisotopic (exact) mass is 281 g/mol. The summed E-state index contributed by atoms with van der Waals surface area (Å²) in [5.41, 5.74) is 6.98. The van der Waals surface area contributed by atoms with Crippen LogP contribution in [0.25, 0.3) is 0 Å². The zero-order valence-corrected chi connectivity index (χ0v) is 11.2. The summed E-state index contributed by atoms with van der Waals surface area (Å²) in [6.45, 7) is 0.0581. The van der Waals surface area contributed by atoms with Crippen molar-refractivity contribution in [2.45, 2.75) is 32.5 Å². The molecule has 0 spiro atoms. The van der Waals surface area contributed by atoms with E-state index < -0.39 is 6.61 Å². The van der Waals surface area contributed by atoms with Crippen LogP contribution in [-0.2, 0) is 13.0 Å². The highest BCUT2D eigenvalue weighted by Gasteiger charge is 2.11. The first-order valence-electron chi connectivity index (χ1n) is 6.40. The van der Waals surface area contributed by atoms with Crippen LogP contribution in [0, 0.1) is 0 Å². The molecule has 0 fully saturated rings. The number of hydrogen-bond acceptors (Lipinski definition) is 3. The predicted molar refractivity (Wildman–Crippen MR) is 71.6 cm³/mol. The summed E-state index contributed by atoms with van der Waals surface area (Å²) < 4.78 is 30.4. The minimum absolute atomic E-state index is 0.131.